The molecule has 0 bridgehead atoms. The van der Waals surface area contributed by atoms with Gasteiger partial charge in [0, 0.05) is 34.2 Å². The Morgan fingerprint density at radius 2 is 2.20 bits per heavy atom. The van der Waals surface area contributed by atoms with Crippen LogP contribution >= 0.6 is 39.7 Å². The van der Waals surface area contributed by atoms with E-state index in [1.165, 1.54) is 4.88 Å². The highest BCUT2D eigenvalue weighted by atomic mass is 79.9. The molecule has 1 N–H and O–H groups in total. The zero-order valence-corrected chi connectivity index (χ0v) is 15.0. The van der Waals surface area contributed by atoms with Crippen molar-refractivity contribution in [2.75, 3.05) is 26.7 Å². The van der Waals surface area contributed by atoms with E-state index in [1.807, 2.05) is 11.9 Å². The molecule has 2 heterocycles. The van der Waals surface area contributed by atoms with Crippen LogP contribution in [-0.2, 0) is 11.2 Å². The number of nitrogens with one attached hydrogen (secondary N) is 1. The Kier molecular flexibility index (Phi) is 8.10. The van der Waals surface area contributed by atoms with Crippen LogP contribution in [-0.4, -0.2) is 37.5 Å². The summed E-state index contributed by atoms with van der Waals surface area (Å²) in [7, 11) is 2.00. The number of rotatable bonds is 5. The minimum atomic E-state index is 0. The number of nitrogens with zero attached hydrogens (tertiary/aromatic N) is 1. The summed E-state index contributed by atoms with van der Waals surface area (Å²) in [5, 5.41) is 5.30. The Bertz CT molecular complexity index is 419. The van der Waals surface area contributed by atoms with Gasteiger partial charge in [0.15, 0.2) is 0 Å². The number of piperidine rings is 1. The van der Waals surface area contributed by atoms with E-state index in [1.54, 1.807) is 11.3 Å². The maximum absolute atomic E-state index is 12.1. The quantitative estimate of drug-likeness (QED) is 0.848. The Labute approximate surface area is 139 Å². The van der Waals surface area contributed by atoms with E-state index in [2.05, 4.69) is 32.7 Å². The van der Waals surface area contributed by atoms with Gasteiger partial charge in [0.2, 0.25) is 5.91 Å². The Morgan fingerprint density at radius 1 is 1.50 bits per heavy atom. The molecule has 0 spiro atoms. The standard InChI is InChI=1S/C14H21BrN2OS.ClH/c1-16-9-11-4-6-17(7-5-11)14(18)3-2-13-8-12(15)10-19-13;/h8,10-11,16H,2-7,9H2,1H3;1H. The molecule has 1 amide bonds. The minimum absolute atomic E-state index is 0. The molecule has 0 radical (unpaired) electrons. The number of halogens is 2. The number of thiophene rings is 1. The maximum atomic E-state index is 12.1. The van der Waals surface area contributed by atoms with Gasteiger partial charge in [0.1, 0.15) is 0 Å². The lowest BCUT2D eigenvalue weighted by Gasteiger charge is -2.32. The van der Waals surface area contributed by atoms with Gasteiger partial charge in [0.05, 0.1) is 0 Å². The third kappa shape index (κ3) is 5.35. The Balaban J connectivity index is 0.00000200. The van der Waals surface area contributed by atoms with Crippen LogP contribution in [0.25, 0.3) is 0 Å². The molecule has 114 valence electrons. The second-order valence-corrected chi connectivity index (χ2v) is 7.02. The van der Waals surface area contributed by atoms with Gasteiger partial charge in [-0.1, -0.05) is 0 Å². The number of hydrogen-bond donors (Lipinski definition) is 1. The van der Waals surface area contributed by atoms with Gasteiger partial charge in [-0.25, -0.2) is 0 Å². The fraction of sp³-hybridized carbons (Fsp3) is 0.643. The predicted octanol–water partition coefficient (Wildman–Crippen LogP) is 3.32. The van der Waals surface area contributed by atoms with Gasteiger partial charge in [-0.15, -0.1) is 23.7 Å². The highest BCUT2D eigenvalue weighted by molar-refractivity contribution is 9.10. The van der Waals surface area contributed by atoms with Gasteiger partial charge in [-0.3, -0.25) is 4.79 Å². The first-order chi connectivity index (χ1) is 9.19. The number of amides is 1. The van der Waals surface area contributed by atoms with Crippen LogP contribution in [0.5, 0.6) is 0 Å². The largest absolute Gasteiger partial charge is 0.343 e. The molecule has 20 heavy (non-hydrogen) atoms. The average Bonchev–Trinajstić information content (AvgIpc) is 2.83. The van der Waals surface area contributed by atoms with Crippen molar-refractivity contribution < 1.29 is 4.79 Å². The number of hydrogen-bond acceptors (Lipinski definition) is 3. The molecule has 0 aliphatic carbocycles. The van der Waals surface area contributed by atoms with Crippen molar-refractivity contribution in [2.24, 2.45) is 5.92 Å². The van der Waals surface area contributed by atoms with Crippen LogP contribution < -0.4 is 5.32 Å². The normalized spacial score (nSPS) is 16.0. The van der Waals surface area contributed by atoms with E-state index < -0.39 is 0 Å². The van der Waals surface area contributed by atoms with Crippen molar-refractivity contribution in [2.45, 2.75) is 25.7 Å². The summed E-state index contributed by atoms with van der Waals surface area (Å²) >= 11 is 5.17. The van der Waals surface area contributed by atoms with Crippen molar-refractivity contribution in [1.82, 2.24) is 10.2 Å². The molecule has 1 fully saturated rings. The van der Waals surface area contributed by atoms with Crippen LogP contribution in [0.4, 0.5) is 0 Å². The fourth-order valence-electron chi connectivity index (χ4n) is 2.55. The second kappa shape index (κ2) is 9.03. The van der Waals surface area contributed by atoms with Gasteiger partial charge in [-0.2, -0.15) is 0 Å². The van der Waals surface area contributed by atoms with Crippen molar-refractivity contribution in [3.05, 3.63) is 20.8 Å². The molecular weight excluding hydrogens is 360 g/mol. The second-order valence-electron chi connectivity index (χ2n) is 5.11. The van der Waals surface area contributed by atoms with Crippen LogP contribution in [0.2, 0.25) is 0 Å². The topological polar surface area (TPSA) is 32.3 Å². The van der Waals surface area contributed by atoms with Crippen molar-refractivity contribution in [3.63, 3.8) is 0 Å². The lowest BCUT2D eigenvalue weighted by atomic mass is 9.96. The molecular formula is C14H22BrClN2OS. The van der Waals surface area contributed by atoms with E-state index >= 15 is 0 Å². The van der Waals surface area contributed by atoms with E-state index in [0.29, 0.717) is 12.3 Å². The van der Waals surface area contributed by atoms with Gasteiger partial charge < -0.3 is 10.2 Å². The monoisotopic (exact) mass is 380 g/mol. The summed E-state index contributed by atoms with van der Waals surface area (Å²) in [5.41, 5.74) is 0. The summed E-state index contributed by atoms with van der Waals surface area (Å²) in [6, 6.07) is 2.11. The molecule has 3 nitrogen and oxygen atoms in total. The highest BCUT2D eigenvalue weighted by Gasteiger charge is 2.21. The van der Waals surface area contributed by atoms with Gasteiger partial charge in [-0.05, 0) is 60.8 Å². The molecule has 0 saturated carbocycles. The number of likely N-dealkylation sites (tertiary alicyclic amines) is 1. The van der Waals surface area contributed by atoms with E-state index in [9.17, 15) is 4.79 Å². The number of carbonyl (C=O) groups excluding carboxylic acids is 1. The first-order valence-electron chi connectivity index (χ1n) is 6.84. The highest BCUT2D eigenvalue weighted by Crippen LogP contribution is 2.22. The van der Waals surface area contributed by atoms with Crippen LogP contribution in [0.3, 0.4) is 0 Å². The summed E-state index contributed by atoms with van der Waals surface area (Å²) in [6.45, 7) is 2.93. The fourth-order valence-corrected chi connectivity index (χ4v) is 4.00. The molecule has 2 rings (SSSR count). The van der Waals surface area contributed by atoms with Crippen LogP contribution in [0, 0.1) is 5.92 Å². The number of aryl methyl sites for hydroxylation is 1. The van der Waals surface area contributed by atoms with E-state index in [-0.39, 0.29) is 12.4 Å². The van der Waals surface area contributed by atoms with Crippen LogP contribution in [0.1, 0.15) is 24.1 Å². The summed E-state index contributed by atoms with van der Waals surface area (Å²) in [4.78, 5) is 15.5. The molecule has 6 heteroatoms. The smallest absolute Gasteiger partial charge is 0.222 e. The van der Waals surface area contributed by atoms with E-state index in [0.717, 1.165) is 49.3 Å². The summed E-state index contributed by atoms with van der Waals surface area (Å²) in [6.07, 6.45) is 3.78. The predicted molar refractivity (Wildman–Crippen MR) is 90.8 cm³/mol. The molecule has 1 aromatic heterocycles. The first kappa shape index (κ1) is 18.0. The molecule has 1 aliphatic heterocycles. The molecule has 0 unspecified atom stereocenters. The first-order valence-corrected chi connectivity index (χ1v) is 8.51. The summed E-state index contributed by atoms with van der Waals surface area (Å²) < 4.78 is 1.12. The maximum Gasteiger partial charge on any atom is 0.222 e. The third-order valence-corrected chi connectivity index (χ3v) is 5.42. The van der Waals surface area contributed by atoms with Crippen molar-refractivity contribution in [1.29, 1.82) is 0 Å². The average molecular weight is 382 g/mol. The minimum Gasteiger partial charge on any atom is -0.343 e. The van der Waals surface area contributed by atoms with Gasteiger partial charge >= 0.3 is 0 Å². The van der Waals surface area contributed by atoms with Crippen molar-refractivity contribution >= 4 is 45.6 Å². The Morgan fingerprint density at radius 3 is 2.75 bits per heavy atom. The van der Waals surface area contributed by atoms with E-state index in [4.69, 9.17) is 0 Å². The third-order valence-electron chi connectivity index (χ3n) is 3.67. The SMILES string of the molecule is CNCC1CCN(C(=O)CCc2cc(Br)cs2)CC1.Cl. The van der Waals surface area contributed by atoms with Crippen molar-refractivity contribution in [3.8, 4) is 0 Å². The lowest BCUT2D eigenvalue weighted by Crippen LogP contribution is -2.40. The van der Waals surface area contributed by atoms with Gasteiger partial charge in [0.25, 0.3) is 0 Å². The summed E-state index contributed by atoms with van der Waals surface area (Å²) in [5.74, 6) is 1.05. The molecule has 0 atom stereocenters. The lowest BCUT2D eigenvalue weighted by molar-refractivity contribution is -0.132. The number of carbonyl (C=O) groups is 1. The zero-order chi connectivity index (χ0) is 13.7. The Hall–Kier alpha value is -0.100. The molecule has 1 aromatic rings. The zero-order valence-electron chi connectivity index (χ0n) is 11.7. The molecule has 1 saturated heterocycles. The van der Waals surface area contributed by atoms with Crippen LogP contribution in [0.15, 0.2) is 15.9 Å². The molecule has 0 aromatic carbocycles. The molecule has 1 aliphatic rings.